The molecule has 3 nitrogen and oxygen atoms in total. The van der Waals surface area contributed by atoms with Crippen molar-refractivity contribution < 1.29 is 4.79 Å². The number of hydrogen-bond acceptors (Lipinski definition) is 3. The first-order valence-corrected chi connectivity index (χ1v) is 7.54. The Morgan fingerprint density at radius 1 is 1.25 bits per heavy atom. The van der Waals surface area contributed by atoms with Crippen molar-refractivity contribution in [3.05, 3.63) is 53.7 Å². The molecule has 104 valence electrons. The highest BCUT2D eigenvalue weighted by Crippen LogP contribution is 2.18. The van der Waals surface area contributed by atoms with Gasteiger partial charge in [0.2, 0.25) is 5.91 Å². The minimum atomic E-state index is 0.0436. The van der Waals surface area contributed by atoms with E-state index in [2.05, 4.69) is 10.3 Å². The number of aryl methyl sites for hydroxylation is 2. The van der Waals surface area contributed by atoms with Crippen LogP contribution < -0.4 is 5.32 Å². The zero-order valence-corrected chi connectivity index (χ0v) is 12.5. The van der Waals surface area contributed by atoms with Crippen molar-refractivity contribution in [1.29, 1.82) is 0 Å². The Morgan fingerprint density at radius 3 is 2.85 bits per heavy atom. The molecule has 0 aliphatic rings. The molecule has 2 aromatic rings. The Morgan fingerprint density at radius 2 is 2.10 bits per heavy atom. The van der Waals surface area contributed by atoms with Gasteiger partial charge >= 0.3 is 0 Å². The summed E-state index contributed by atoms with van der Waals surface area (Å²) in [7, 11) is 0. The van der Waals surface area contributed by atoms with Crippen LogP contribution in [0.25, 0.3) is 0 Å². The van der Waals surface area contributed by atoms with Crippen LogP contribution in [-0.2, 0) is 4.79 Å². The summed E-state index contributed by atoms with van der Waals surface area (Å²) in [6.07, 6.45) is 2.24. The normalized spacial score (nSPS) is 10.3. The van der Waals surface area contributed by atoms with E-state index in [4.69, 9.17) is 0 Å². The average molecular weight is 286 g/mol. The number of hydrogen-bond donors (Lipinski definition) is 1. The van der Waals surface area contributed by atoms with Crippen molar-refractivity contribution in [2.75, 3.05) is 11.1 Å². The number of pyridine rings is 1. The molecule has 1 amide bonds. The molecule has 0 fully saturated rings. The Kier molecular flexibility index (Phi) is 5.18. The SMILES string of the molecule is Cc1ccc(C)c(NC(=O)CCSc2ccccn2)c1. The van der Waals surface area contributed by atoms with E-state index in [0.717, 1.165) is 27.6 Å². The number of carbonyl (C=O) groups is 1. The van der Waals surface area contributed by atoms with Crippen LogP contribution in [0.3, 0.4) is 0 Å². The fourth-order valence-corrected chi connectivity index (χ4v) is 2.57. The van der Waals surface area contributed by atoms with Crippen molar-refractivity contribution in [1.82, 2.24) is 4.98 Å². The number of anilines is 1. The second kappa shape index (κ2) is 7.10. The fourth-order valence-electron chi connectivity index (χ4n) is 1.76. The van der Waals surface area contributed by atoms with E-state index in [0.29, 0.717) is 6.42 Å². The number of amides is 1. The Bertz CT molecular complexity index is 584. The quantitative estimate of drug-likeness (QED) is 0.850. The summed E-state index contributed by atoms with van der Waals surface area (Å²) in [6.45, 7) is 4.02. The zero-order chi connectivity index (χ0) is 14.4. The molecule has 0 atom stereocenters. The molecule has 20 heavy (non-hydrogen) atoms. The molecule has 4 heteroatoms. The molecule has 0 spiro atoms. The highest BCUT2D eigenvalue weighted by atomic mass is 32.2. The first kappa shape index (κ1) is 14.6. The highest BCUT2D eigenvalue weighted by molar-refractivity contribution is 7.99. The van der Waals surface area contributed by atoms with Crippen LogP contribution in [0.4, 0.5) is 5.69 Å². The summed E-state index contributed by atoms with van der Waals surface area (Å²) in [5, 5.41) is 3.92. The maximum absolute atomic E-state index is 11.9. The third-order valence-corrected chi connectivity index (χ3v) is 3.83. The molecular weight excluding hydrogens is 268 g/mol. The molecule has 1 N–H and O–H groups in total. The zero-order valence-electron chi connectivity index (χ0n) is 11.7. The smallest absolute Gasteiger partial charge is 0.225 e. The predicted octanol–water partition coefficient (Wildman–Crippen LogP) is 3.82. The van der Waals surface area contributed by atoms with Gasteiger partial charge in [-0.2, -0.15) is 0 Å². The van der Waals surface area contributed by atoms with Crippen molar-refractivity contribution >= 4 is 23.4 Å². The van der Waals surface area contributed by atoms with Gasteiger partial charge in [-0.3, -0.25) is 4.79 Å². The van der Waals surface area contributed by atoms with Crippen LogP contribution in [0.15, 0.2) is 47.6 Å². The van der Waals surface area contributed by atoms with Crippen molar-refractivity contribution in [2.24, 2.45) is 0 Å². The van der Waals surface area contributed by atoms with Gasteiger partial charge in [0.1, 0.15) is 0 Å². The van der Waals surface area contributed by atoms with E-state index in [1.54, 1.807) is 18.0 Å². The lowest BCUT2D eigenvalue weighted by Crippen LogP contribution is -2.13. The number of nitrogens with zero attached hydrogens (tertiary/aromatic N) is 1. The Balaban J connectivity index is 1.82. The molecule has 0 saturated carbocycles. The number of rotatable bonds is 5. The monoisotopic (exact) mass is 286 g/mol. The lowest BCUT2D eigenvalue weighted by Gasteiger charge is -2.09. The van der Waals surface area contributed by atoms with Crippen LogP contribution in [0.5, 0.6) is 0 Å². The molecule has 2 rings (SSSR count). The Labute approximate surface area is 123 Å². The first-order chi connectivity index (χ1) is 9.65. The summed E-state index contributed by atoms with van der Waals surface area (Å²) >= 11 is 1.59. The number of nitrogens with one attached hydrogen (secondary N) is 1. The van der Waals surface area contributed by atoms with E-state index in [1.807, 2.05) is 50.2 Å². The summed E-state index contributed by atoms with van der Waals surface area (Å²) < 4.78 is 0. The van der Waals surface area contributed by atoms with Gasteiger partial charge in [-0.05, 0) is 43.2 Å². The maximum Gasteiger partial charge on any atom is 0.225 e. The molecule has 0 aliphatic heterocycles. The van der Waals surface area contributed by atoms with Crippen molar-refractivity contribution in [3.63, 3.8) is 0 Å². The van der Waals surface area contributed by atoms with Gasteiger partial charge in [-0.15, -0.1) is 11.8 Å². The van der Waals surface area contributed by atoms with Crippen molar-refractivity contribution in [2.45, 2.75) is 25.3 Å². The predicted molar refractivity (Wildman–Crippen MR) is 84.1 cm³/mol. The van der Waals surface area contributed by atoms with Crippen LogP contribution in [0.2, 0.25) is 0 Å². The average Bonchev–Trinajstić information content (AvgIpc) is 2.44. The van der Waals surface area contributed by atoms with Gasteiger partial charge in [0.05, 0.1) is 5.03 Å². The number of carbonyl (C=O) groups excluding carboxylic acids is 1. The topological polar surface area (TPSA) is 42.0 Å². The molecule has 0 radical (unpaired) electrons. The van der Waals surface area contributed by atoms with Crippen molar-refractivity contribution in [3.8, 4) is 0 Å². The van der Waals surface area contributed by atoms with Gasteiger partial charge in [-0.25, -0.2) is 4.98 Å². The minimum absolute atomic E-state index is 0.0436. The molecule has 0 saturated heterocycles. The summed E-state index contributed by atoms with van der Waals surface area (Å²) in [6, 6.07) is 11.9. The molecular formula is C16H18N2OS. The van der Waals surface area contributed by atoms with E-state index >= 15 is 0 Å². The van der Waals surface area contributed by atoms with Crippen LogP contribution in [0.1, 0.15) is 17.5 Å². The van der Waals surface area contributed by atoms with E-state index in [1.165, 1.54) is 0 Å². The third-order valence-electron chi connectivity index (χ3n) is 2.88. The largest absolute Gasteiger partial charge is 0.326 e. The summed E-state index contributed by atoms with van der Waals surface area (Å²) in [5.41, 5.74) is 3.13. The van der Waals surface area contributed by atoms with Gasteiger partial charge < -0.3 is 5.32 Å². The van der Waals surface area contributed by atoms with E-state index < -0.39 is 0 Å². The van der Waals surface area contributed by atoms with Crippen LogP contribution >= 0.6 is 11.8 Å². The lowest BCUT2D eigenvalue weighted by atomic mass is 10.1. The number of thioether (sulfide) groups is 1. The summed E-state index contributed by atoms with van der Waals surface area (Å²) in [4.78, 5) is 16.1. The Hall–Kier alpha value is -1.81. The second-order valence-electron chi connectivity index (χ2n) is 4.63. The highest BCUT2D eigenvalue weighted by Gasteiger charge is 2.05. The number of aromatic nitrogens is 1. The standard InChI is InChI=1S/C16H18N2OS/c1-12-6-7-13(2)14(11-12)18-15(19)8-10-20-16-5-3-4-9-17-16/h3-7,9,11H,8,10H2,1-2H3,(H,18,19). The van der Waals surface area contributed by atoms with Gasteiger partial charge in [0, 0.05) is 24.1 Å². The van der Waals surface area contributed by atoms with Gasteiger partial charge in [-0.1, -0.05) is 18.2 Å². The van der Waals surface area contributed by atoms with Gasteiger partial charge in [0.25, 0.3) is 0 Å². The third kappa shape index (κ3) is 4.38. The van der Waals surface area contributed by atoms with E-state index in [9.17, 15) is 4.79 Å². The summed E-state index contributed by atoms with van der Waals surface area (Å²) in [5.74, 6) is 0.774. The second-order valence-corrected chi connectivity index (χ2v) is 5.75. The molecule has 1 aromatic carbocycles. The van der Waals surface area contributed by atoms with Crippen LogP contribution in [0, 0.1) is 13.8 Å². The van der Waals surface area contributed by atoms with Crippen LogP contribution in [-0.4, -0.2) is 16.6 Å². The fraction of sp³-hybridized carbons (Fsp3) is 0.250. The van der Waals surface area contributed by atoms with E-state index in [-0.39, 0.29) is 5.91 Å². The van der Waals surface area contributed by atoms with Gasteiger partial charge in [0.15, 0.2) is 0 Å². The number of benzene rings is 1. The molecule has 0 bridgehead atoms. The molecule has 0 aliphatic carbocycles. The maximum atomic E-state index is 11.9. The lowest BCUT2D eigenvalue weighted by molar-refractivity contribution is -0.115. The molecule has 1 aromatic heterocycles. The molecule has 0 unspecified atom stereocenters. The first-order valence-electron chi connectivity index (χ1n) is 6.56. The molecule has 1 heterocycles. The minimum Gasteiger partial charge on any atom is -0.326 e.